The number of hydrogen-bond donors (Lipinski definition) is 1. The van der Waals surface area contributed by atoms with E-state index in [1.807, 2.05) is 24.3 Å². The number of nitriles is 1. The van der Waals surface area contributed by atoms with Crippen LogP contribution in [0.4, 0.5) is 0 Å². The molecule has 0 fully saturated rings. The molecule has 3 aromatic heterocycles. The van der Waals surface area contributed by atoms with Crippen molar-refractivity contribution in [3.8, 4) is 23.3 Å². The maximum atomic E-state index is 8.95. The molecule has 0 spiro atoms. The SMILES string of the molecule is N#Cc1cnc2c(n1)CCC2Oc1ccc2[nH]nc(-c3cnco3)c2c1. The van der Waals surface area contributed by atoms with E-state index in [0.29, 0.717) is 22.9 Å². The topological polar surface area (TPSA) is 114 Å². The molecule has 8 nitrogen and oxygen atoms in total. The average molecular weight is 344 g/mol. The third kappa shape index (κ3) is 2.29. The second-order valence-electron chi connectivity index (χ2n) is 5.99. The Bertz CT molecular complexity index is 1140. The first kappa shape index (κ1) is 14.6. The fraction of sp³-hybridized carbons (Fsp3) is 0.167. The fourth-order valence-corrected chi connectivity index (χ4v) is 3.21. The van der Waals surface area contributed by atoms with E-state index in [2.05, 4.69) is 25.1 Å². The van der Waals surface area contributed by atoms with Crippen LogP contribution < -0.4 is 4.74 Å². The maximum Gasteiger partial charge on any atom is 0.181 e. The third-order valence-electron chi connectivity index (χ3n) is 4.42. The summed E-state index contributed by atoms with van der Waals surface area (Å²) >= 11 is 0. The minimum absolute atomic E-state index is 0.177. The molecule has 0 bridgehead atoms. The van der Waals surface area contributed by atoms with E-state index in [0.717, 1.165) is 35.1 Å². The molecule has 1 unspecified atom stereocenters. The van der Waals surface area contributed by atoms with Crippen molar-refractivity contribution in [2.24, 2.45) is 0 Å². The van der Waals surface area contributed by atoms with Crippen molar-refractivity contribution < 1.29 is 9.15 Å². The van der Waals surface area contributed by atoms with Crippen molar-refractivity contribution >= 4 is 10.9 Å². The Morgan fingerprint density at radius 3 is 3.12 bits per heavy atom. The van der Waals surface area contributed by atoms with Gasteiger partial charge in [0.2, 0.25) is 0 Å². The van der Waals surface area contributed by atoms with E-state index in [-0.39, 0.29) is 6.10 Å². The van der Waals surface area contributed by atoms with Crippen LogP contribution in [0.25, 0.3) is 22.4 Å². The number of aromatic amines is 1. The van der Waals surface area contributed by atoms with Gasteiger partial charge in [0, 0.05) is 5.39 Å². The zero-order chi connectivity index (χ0) is 17.5. The molecule has 0 amide bonds. The number of benzene rings is 1. The van der Waals surface area contributed by atoms with E-state index in [1.165, 1.54) is 12.6 Å². The lowest BCUT2D eigenvalue weighted by atomic mass is 10.1. The van der Waals surface area contributed by atoms with Crippen molar-refractivity contribution in [1.82, 2.24) is 25.1 Å². The summed E-state index contributed by atoms with van der Waals surface area (Å²) in [6.45, 7) is 0. The van der Waals surface area contributed by atoms with Gasteiger partial charge in [-0.25, -0.2) is 9.97 Å². The molecule has 4 aromatic rings. The molecule has 0 saturated heterocycles. The van der Waals surface area contributed by atoms with Gasteiger partial charge in [-0.05, 0) is 31.0 Å². The zero-order valence-corrected chi connectivity index (χ0v) is 13.5. The minimum Gasteiger partial charge on any atom is -0.484 e. The number of ether oxygens (including phenoxy) is 1. The smallest absolute Gasteiger partial charge is 0.181 e. The second kappa shape index (κ2) is 5.67. The highest BCUT2D eigenvalue weighted by atomic mass is 16.5. The second-order valence-corrected chi connectivity index (χ2v) is 5.99. The molecule has 0 saturated carbocycles. The van der Waals surface area contributed by atoms with Crippen molar-refractivity contribution in [1.29, 1.82) is 5.26 Å². The number of rotatable bonds is 3. The molecular weight excluding hydrogens is 332 g/mol. The van der Waals surface area contributed by atoms with E-state index >= 15 is 0 Å². The third-order valence-corrected chi connectivity index (χ3v) is 4.42. The number of oxazole rings is 1. The summed E-state index contributed by atoms with van der Waals surface area (Å²) < 4.78 is 11.5. The molecule has 0 radical (unpaired) electrons. The highest BCUT2D eigenvalue weighted by Crippen LogP contribution is 2.35. The summed E-state index contributed by atoms with van der Waals surface area (Å²) in [5.74, 6) is 1.30. The van der Waals surface area contributed by atoms with Crippen LogP contribution >= 0.6 is 0 Å². The standard InChI is InChI=1S/C18H12N6O2/c19-6-10-7-21-18-14(22-10)3-4-15(18)26-11-1-2-13-12(5-11)17(24-23-13)16-8-20-9-25-16/h1-2,5,7-9,15H,3-4H2,(H,23,24). The first-order chi connectivity index (χ1) is 12.8. The maximum absolute atomic E-state index is 8.95. The molecule has 1 aliphatic rings. The molecule has 126 valence electrons. The lowest BCUT2D eigenvalue weighted by Crippen LogP contribution is -2.06. The van der Waals surface area contributed by atoms with Gasteiger partial charge in [-0.1, -0.05) is 0 Å². The van der Waals surface area contributed by atoms with E-state index in [9.17, 15) is 0 Å². The van der Waals surface area contributed by atoms with Gasteiger partial charge in [0.25, 0.3) is 0 Å². The summed E-state index contributed by atoms with van der Waals surface area (Å²) in [7, 11) is 0. The lowest BCUT2D eigenvalue weighted by molar-refractivity contribution is 0.203. The Labute approximate surface area is 147 Å². The molecule has 26 heavy (non-hydrogen) atoms. The number of nitrogens with one attached hydrogen (secondary N) is 1. The molecule has 1 atom stereocenters. The summed E-state index contributed by atoms with van der Waals surface area (Å²) in [4.78, 5) is 12.6. The normalized spacial score (nSPS) is 15.7. The van der Waals surface area contributed by atoms with Crippen LogP contribution in [0.5, 0.6) is 5.75 Å². The average Bonchev–Trinajstić information content (AvgIpc) is 3.40. The molecule has 1 N–H and O–H groups in total. The molecular formula is C18H12N6O2. The Morgan fingerprint density at radius 2 is 2.27 bits per heavy atom. The van der Waals surface area contributed by atoms with Gasteiger partial charge in [0.1, 0.15) is 29.3 Å². The summed E-state index contributed by atoms with van der Waals surface area (Å²) in [6.07, 6.45) is 5.84. The quantitative estimate of drug-likeness (QED) is 0.607. The van der Waals surface area contributed by atoms with Crippen molar-refractivity contribution in [2.75, 3.05) is 0 Å². The summed E-state index contributed by atoms with van der Waals surface area (Å²) in [6, 6.07) is 7.74. The summed E-state index contributed by atoms with van der Waals surface area (Å²) in [5, 5.41) is 17.1. The first-order valence-corrected chi connectivity index (χ1v) is 8.11. The number of fused-ring (bicyclic) bond motifs is 2. The van der Waals surface area contributed by atoms with Crippen LogP contribution in [-0.2, 0) is 6.42 Å². The van der Waals surface area contributed by atoms with Gasteiger partial charge in [0.05, 0.1) is 23.6 Å². The van der Waals surface area contributed by atoms with Crippen LogP contribution in [0.1, 0.15) is 29.6 Å². The summed E-state index contributed by atoms with van der Waals surface area (Å²) in [5.41, 5.74) is 3.54. The van der Waals surface area contributed by atoms with E-state index in [4.69, 9.17) is 14.4 Å². The van der Waals surface area contributed by atoms with Crippen molar-refractivity contribution in [3.05, 3.63) is 54.1 Å². The molecule has 5 rings (SSSR count). The minimum atomic E-state index is -0.177. The van der Waals surface area contributed by atoms with Gasteiger partial charge >= 0.3 is 0 Å². The Hall–Kier alpha value is -3.73. The van der Waals surface area contributed by atoms with Gasteiger partial charge in [-0.2, -0.15) is 10.4 Å². The predicted molar refractivity (Wildman–Crippen MR) is 90.0 cm³/mol. The van der Waals surface area contributed by atoms with Crippen LogP contribution in [0, 0.1) is 11.3 Å². The highest BCUT2D eigenvalue weighted by Gasteiger charge is 2.27. The Morgan fingerprint density at radius 1 is 1.31 bits per heavy atom. The zero-order valence-electron chi connectivity index (χ0n) is 13.5. The molecule has 0 aliphatic heterocycles. The van der Waals surface area contributed by atoms with Gasteiger partial charge in [-0.15, -0.1) is 0 Å². The monoisotopic (exact) mass is 344 g/mol. The molecule has 3 heterocycles. The molecule has 1 aromatic carbocycles. The van der Waals surface area contributed by atoms with Crippen LogP contribution in [-0.4, -0.2) is 25.1 Å². The van der Waals surface area contributed by atoms with Crippen LogP contribution in [0.2, 0.25) is 0 Å². The number of H-pyrrole nitrogens is 1. The fourth-order valence-electron chi connectivity index (χ4n) is 3.21. The van der Waals surface area contributed by atoms with Gasteiger partial charge in [0.15, 0.2) is 17.8 Å². The molecule has 8 heteroatoms. The van der Waals surface area contributed by atoms with Crippen molar-refractivity contribution in [2.45, 2.75) is 18.9 Å². The van der Waals surface area contributed by atoms with Crippen LogP contribution in [0.3, 0.4) is 0 Å². The largest absolute Gasteiger partial charge is 0.484 e. The predicted octanol–water partition coefficient (Wildman–Crippen LogP) is 2.95. The lowest BCUT2D eigenvalue weighted by Gasteiger charge is -2.14. The Kier molecular flexibility index (Phi) is 3.18. The number of aromatic nitrogens is 5. The van der Waals surface area contributed by atoms with Gasteiger partial charge in [-0.3, -0.25) is 10.1 Å². The van der Waals surface area contributed by atoms with E-state index in [1.54, 1.807) is 6.20 Å². The highest BCUT2D eigenvalue weighted by molar-refractivity contribution is 5.92. The van der Waals surface area contributed by atoms with Crippen LogP contribution in [0.15, 0.2) is 41.4 Å². The Balaban J connectivity index is 1.48. The van der Waals surface area contributed by atoms with E-state index < -0.39 is 0 Å². The molecule has 1 aliphatic carbocycles. The number of aryl methyl sites for hydroxylation is 1. The van der Waals surface area contributed by atoms with Gasteiger partial charge < -0.3 is 9.15 Å². The number of hydrogen-bond acceptors (Lipinski definition) is 7. The first-order valence-electron chi connectivity index (χ1n) is 8.11. The number of nitrogens with zero attached hydrogens (tertiary/aromatic N) is 5. The van der Waals surface area contributed by atoms with Crippen molar-refractivity contribution in [3.63, 3.8) is 0 Å².